The van der Waals surface area contributed by atoms with Gasteiger partial charge in [0, 0.05) is 5.69 Å². The largest absolute Gasteiger partial charge is 0.238 e. The molecule has 0 fully saturated rings. The van der Waals surface area contributed by atoms with E-state index < -0.39 is 0 Å². The van der Waals surface area contributed by atoms with Gasteiger partial charge in [0.1, 0.15) is 0 Å². The second kappa shape index (κ2) is 3.29. The van der Waals surface area contributed by atoms with E-state index in [1.54, 1.807) is 0 Å². The highest BCUT2D eigenvalue weighted by atomic mass is 15.3. The van der Waals surface area contributed by atoms with E-state index in [9.17, 15) is 0 Å². The molecule has 0 saturated carbocycles. The normalized spacial score (nSPS) is 10.5. The summed E-state index contributed by atoms with van der Waals surface area (Å²) in [5.74, 6) is 0. The van der Waals surface area contributed by atoms with Crippen molar-refractivity contribution in [2.45, 2.75) is 20.8 Å². The summed E-state index contributed by atoms with van der Waals surface area (Å²) < 4.78 is 1.95. The van der Waals surface area contributed by atoms with E-state index in [1.165, 1.54) is 0 Å². The minimum atomic E-state index is 1.05. The molecule has 1 aromatic carbocycles. The van der Waals surface area contributed by atoms with Crippen LogP contribution in [0.5, 0.6) is 0 Å². The molecular formula is C12H13N2. The van der Waals surface area contributed by atoms with Gasteiger partial charge in [-0.2, -0.15) is 5.10 Å². The molecule has 0 aliphatic rings. The highest BCUT2D eigenvalue weighted by Gasteiger charge is 2.02. The van der Waals surface area contributed by atoms with Gasteiger partial charge in [0.15, 0.2) is 0 Å². The maximum absolute atomic E-state index is 4.42. The van der Waals surface area contributed by atoms with Crippen molar-refractivity contribution < 1.29 is 0 Å². The zero-order valence-electron chi connectivity index (χ0n) is 8.70. The summed E-state index contributed by atoms with van der Waals surface area (Å²) in [5, 5.41) is 4.42. The summed E-state index contributed by atoms with van der Waals surface area (Å²) in [6.45, 7) is 6.10. The zero-order chi connectivity index (χ0) is 10.1. The molecule has 0 aliphatic heterocycles. The van der Waals surface area contributed by atoms with Crippen LogP contribution >= 0.6 is 0 Å². The van der Waals surface area contributed by atoms with Gasteiger partial charge in [-0.15, -0.1) is 0 Å². The van der Waals surface area contributed by atoms with Gasteiger partial charge in [0.05, 0.1) is 11.4 Å². The van der Waals surface area contributed by atoms with Crippen LogP contribution in [0.15, 0.2) is 24.3 Å². The number of rotatable bonds is 1. The van der Waals surface area contributed by atoms with Crippen LogP contribution < -0.4 is 0 Å². The Morgan fingerprint density at radius 2 is 2.00 bits per heavy atom. The van der Waals surface area contributed by atoms with E-state index in [2.05, 4.69) is 30.2 Å². The lowest BCUT2D eigenvalue weighted by Crippen LogP contribution is -1.98. The van der Waals surface area contributed by atoms with Crippen LogP contribution in [0, 0.1) is 26.8 Å². The summed E-state index contributed by atoms with van der Waals surface area (Å²) in [7, 11) is 0. The van der Waals surface area contributed by atoms with Crippen LogP contribution in [0.25, 0.3) is 5.69 Å². The monoisotopic (exact) mass is 185 g/mol. The highest BCUT2D eigenvalue weighted by Crippen LogP contribution is 2.12. The molecule has 14 heavy (non-hydrogen) atoms. The van der Waals surface area contributed by atoms with E-state index in [1.807, 2.05) is 30.7 Å². The molecule has 0 spiro atoms. The maximum atomic E-state index is 4.42. The first-order valence-corrected chi connectivity index (χ1v) is 4.69. The molecule has 2 aromatic rings. The van der Waals surface area contributed by atoms with Gasteiger partial charge in [-0.25, -0.2) is 4.68 Å². The van der Waals surface area contributed by atoms with Gasteiger partial charge in [0.25, 0.3) is 0 Å². The Morgan fingerprint density at radius 1 is 1.21 bits per heavy atom. The fraction of sp³-hybridized carbons (Fsp3) is 0.250. The average molecular weight is 185 g/mol. The molecule has 0 aliphatic carbocycles. The first-order valence-electron chi connectivity index (χ1n) is 4.69. The molecule has 0 bridgehead atoms. The minimum Gasteiger partial charge on any atom is -0.238 e. The van der Waals surface area contributed by atoms with Crippen molar-refractivity contribution in [1.29, 1.82) is 0 Å². The highest BCUT2D eigenvalue weighted by molar-refractivity contribution is 5.35. The fourth-order valence-electron chi connectivity index (χ4n) is 1.59. The molecule has 0 unspecified atom stereocenters. The third kappa shape index (κ3) is 1.55. The topological polar surface area (TPSA) is 17.8 Å². The van der Waals surface area contributed by atoms with Crippen molar-refractivity contribution in [1.82, 2.24) is 9.78 Å². The van der Waals surface area contributed by atoms with Crippen molar-refractivity contribution in [3.8, 4) is 5.69 Å². The number of benzene rings is 1. The van der Waals surface area contributed by atoms with Crippen molar-refractivity contribution in [3.05, 3.63) is 47.3 Å². The molecule has 71 valence electrons. The van der Waals surface area contributed by atoms with E-state index >= 15 is 0 Å². The summed E-state index contributed by atoms with van der Waals surface area (Å²) in [5.41, 5.74) is 4.45. The Labute approximate surface area is 84.2 Å². The second-order valence-electron chi connectivity index (χ2n) is 3.57. The van der Waals surface area contributed by atoms with Crippen molar-refractivity contribution in [3.63, 3.8) is 0 Å². The summed E-state index contributed by atoms with van der Waals surface area (Å²) in [6, 6.07) is 11.2. The lowest BCUT2D eigenvalue weighted by molar-refractivity contribution is 0.832. The van der Waals surface area contributed by atoms with Gasteiger partial charge < -0.3 is 0 Å². The predicted octanol–water partition coefficient (Wildman–Crippen LogP) is 2.60. The van der Waals surface area contributed by atoms with Crippen molar-refractivity contribution in [2.75, 3.05) is 0 Å². The van der Waals surface area contributed by atoms with Crippen molar-refractivity contribution >= 4 is 0 Å². The maximum Gasteiger partial charge on any atom is 0.0651 e. The number of aryl methyl sites for hydroxylation is 3. The number of hydrogen-bond donors (Lipinski definition) is 0. The molecule has 0 amide bonds. The van der Waals surface area contributed by atoms with Gasteiger partial charge in [-0.05, 0) is 50.6 Å². The second-order valence-corrected chi connectivity index (χ2v) is 3.57. The van der Waals surface area contributed by atoms with Crippen LogP contribution in [0.4, 0.5) is 0 Å². The molecule has 2 nitrogen and oxygen atoms in total. The first kappa shape index (κ1) is 9.00. The summed E-state index contributed by atoms with van der Waals surface area (Å²) in [4.78, 5) is 0. The predicted molar refractivity (Wildman–Crippen MR) is 56.6 cm³/mol. The first-order chi connectivity index (χ1) is 6.66. The van der Waals surface area contributed by atoms with E-state index in [4.69, 9.17) is 0 Å². The molecule has 2 rings (SSSR count). The van der Waals surface area contributed by atoms with Crippen LogP contribution in [-0.2, 0) is 0 Å². The third-order valence-electron chi connectivity index (χ3n) is 2.18. The van der Waals surface area contributed by atoms with E-state index in [-0.39, 0.29) is 0 Å². The summed E-state index contributed by atoms with van der Waals surface area (Å²) in [6.07, 6.45) is 0. The Bertz CT molecular complexity index is 455. The van der Waals surface area contributed by atoms with Gasteiger partial charge in [-0.3, -0.25) is 0 Å². The van der Waals surface area contributed by atoms with Crippen LogP contribution in [-0.4, -0.2) is 9.78 Å². The van der Waals surface area contributed by atoms with Gasteiger partial charge in [0.2, 0.25) is 0 Å². The Balaban J connectivity index is 2.54. The van der Waals surface area contributed by atoms with Crippen LogP contribution in [0.3, 0.4) is 0 Å². The average Bonchev–Trinajstić information content (AvgIpc) is 2.45. The quantitative estimate of drug-likeness (QED) is 0.667. The lowest BCUT2D eigenvalue weighted by Gasteiger charge is -2.04. The molecule has 1 aromatic heterocycles. The lowest BCUT2D eigenvalue weighted by atomic mass is 10.2. The molecule has 0 atom stereocenters. The van der Waals surface area contributed by atoms with Crippen LogP contribution in [0.2, 0.25) is 0 Å². The van der Waals surface area contributed by atoms with Crippen molar-refractivity contribution in [2.24, 2.45) is 0 Å². The minimum absolute atomic E-state index is 1.05. The smallest absolute Gasteiger partial charge is 0.0651 e. The number of hydrogen-bond acceptors (Lipinski definition) is 1. The molecule has 2 heteroatoms. The number of aromatic nitrogens is 2. The fourth-order valence-corrected chi connectivity index (χ4v) is 1.59. The summed E-state index contributed by atoms with van der Waals surface area (Å²) >= 11 is 0. The number of nitrogens with zero attached hydrogens (tertiary/aromatic N) is 2. The van der Waals surface area contributed by atoms with E-state index in [0.717, 1.165) is 22.6 Å². The Hall–Kier alpha value is -1.57. The Morgan fingerprint density at radius 3 is 2.57 bits per heavy atom. The molecule has 0 saturated heterocycles. The molecule has 1 radical (unpaired) electrons. The Kier molecular flexibility index (Phi) is 2.12. The van der Waals surface area contributed by atoms with Crippen LogP contribution in [0.1, 0.15) is 17.0 Å². The van der Waals surface area contributed by atoms with Gasteiger partial charge >= 0.3 is 0 Å². The SMILES string of the molecule is Cc1[c]ccc(-n2nc(C)cc2C)c1. The zero-order valence-corrected chi connectivity index (χ0v) is 8.70. The van der Waals surface area contributed by atoms with E-state index in [0.29, 0.717) is 0 Å². The standard InChI is InChI=1S/C12H13N2/c1-9-5-4-6-12(7-9)14-11(3)8-10(2)13-14/h4,6-8H,1-3H3. The third-order valence-corrected chi connectivity index (χ3v) is 2.18. The van der Waals surface area contributed by atoms with Gasteiger partial charge in [-0.1, -0.05) is 6.07 Å². The molecular weight excluding hydrogens is 172 g/mol. The molecule has 1 heterocycles. The molecule has 0 N–H and O–H groups in total.